The molecule has 3 rings (SSSR count). The monoisotopic (exact) mass is 236 g/mol. The molecule has 0 fully saturated rings. The van der Waals surface area contributed by atoms with Crippen molar-refractivity contribution in [2.75, 3.05) is 0 Å². The highest BCUT2D eigenvalue weighted by atomic mass is 16.1. The van der Waals surface area contributed by atoms with Gasteiger partial charge in [0.05, 0.1) is 5.69 Å². The normalized spacial score (nSPS) is 10.7. The van der Waals surface area contributed by atoms with E-state index >= 15 is 0 Å². The highest BCUT2D eigenvalue weighted by molar-refractivity contribution is 5.61. The van der Waals surface area contributed by atoms with Crippen LogP contribution in [-0.4, -0.2) is 9.38 Å². The van der Waals surface area contributed by atoms with Crippen LogP contribution in [0.1, 0.15) is 5.56 Å². The molecular weight excluding hydrogens is 224 g/mol. The molecule has 0 unspecified atom stereocenters. The molecule has 0 saturated heterocycles. The second-order valence-electron chi connectivity index (χ2n) is 4.28. The number of hydrogen-bond acceptors (Lipinski definition) is 2. The lowest BCUT2D eigenvalue weighted by Gasteiger charge is -2.04. The molecular formula is C15H12N2O. The van der Waals surface area contributed by atoms with Crippen LogP contribution in [0.2, 0.25) is 0 Å². The molecule has 0 aliphatic heterocycles. The van der Waals surface area contributed by atoms with Gasteiger partial charge >= 0.3 is 0 Å². The summed E-state index contributed by atoms with van der Waals surface area (Å²) in [6.45, 7) is 1.96. The first-order chi connectivity index (χ1) is 8.74. The fourth-order valence-electron chi connectivity index (χ4n) is 1.97. The fraction of sp³-hybridized carbons (Fsp3) is 0.0667. The molecule has 0 spiro atoms. The second-order valence-corrected chi connectivity index (χ2v) is 4.28. The quantitative estimate of drug-likeness (QED) is 0.651. The van der Waals surface area contributed by atoms with Crippen LogP contribution in [0.5, 0.6) is 0 Å². The van der Waals surface area contributed by atoms with Gasteiger partial charge in [-0.2, -0.15) is 0 Å². The average molecular weight is 236 g/mol. The molecule has 18 heavy (non-hydrogen) atoms. The summed E-state index contributed by atoms with van der Waals surface area (Å²) >= 11 is 0. The Morgan fingerprint density at radius 1 is 1.06 bits per heavy atom. The topological polar surface area (TPSA) is 34.4 Å². The van der Waals surface area contributed by atoms with Crippen molar-refractivity contribution in [2.45, 2.75) is 6.92 Å². The molecule has 2 heterocycles. The van der Waals surface area contributed by atoms with Gasteiger partial charge in [-0.05, 0) is 18.6 Å². The summed E-state index contributed by atoms with van der Waals surface area (Å²) in [4.78, 5) is 16.6. The average Bonchev–Trinajstić information content (AvgIpc) is 2.40. The maximum absolute atomic E-state index is 12.0. The van der Waals surface area contributed by atoms with E-state index in [9.17, 15) is 4.79 Å². The number of pyridine rings is 1. The minimum atomic E-state index is -0.0532. The van der Waals surface area contributed by atoms with E-state index < -0.39 is 0 Å². The van der Waals surface area contributed by atoms with E-state index in [-0.39, 0.29) is 5.56 Å². The van der Waals surface area contributed by atoms with Crippen molar-refractivity contribution in [3.8, 4) is 11.3 Å². The third-order valence-electron chi connectivity index (χ3n) is 2.88. The lowest BCUT2D eigenvalue weighted by molar-refractivity contribution is 1.03. The molecule has 2 aromatic heterocycles. The van der Waals surface area contributed by atoms with E-state index in [1.54, 1.807) is 16.7 Å². The summed E-state index contributed by atoms with van der Waals surface area (Å²) in [6.07, 6.45) is 1.80. The third kappa shape index (κ3) is 1.80. The van der Waals surface area contributed by atoms with Gasteiger partial charge in [-0.15, -0.1) is 0 Å². The molecule has 0 radical (unpaired) electrons. The van der Waals surface area contributed by atoms with E-state index in [1.165, 1.54) is 0 Å². The smallest absolute Gasteiger partial charge is 0.258 e. The van der Waals surface area contributed by atoms with E-state index in [4.69, 9.17) is 0 Å². The van der Waals surface area contributed by atoms with Crippen LogP contribution in [0.3, 0.4) is 0 Å². The largest absolute Gasteiger partial charge is 0.269 e. The Morgan fingerprint density at radius 3 is 2.61 bits per heavy atom. The maximum atomic E-state index is 12.0. The van der Waals surface area contributed by atoms with Crippen LogP contribution in [-0.2, 0) is 0 Å². The fourth-order valence-corrected chi connectivity index (χ4v) is 1.97. The SMILES string of the molecule is Cc1ccc2nc(-c3ccccc3)cc(=O)n2c1. The first kappa shape index (κ1) is 10.7. The van der Waals surface area contributed by atoms with Gasteiger partial charge in [-0.1, -0.05) is 36.4 Å². The van der Waals surface area contributed by atoms with E-state index in [0.717, 1.165) is 11.1 Å². The van der Waals surface area contributed by atoms with Crippen molar-refractivity contribution in [2.24, 2.45) is 0 Å². The Morgan fingerprint density at radius 2 is 1.83 bits per heavy atom. The Kier molecular flexibility index (Phi) is 2.45. The number of nitrogens with zero attached hydrogens (tertiary/aromatic N) is 2. The van der Waals surface area contributed by atoms with Gasteiger partial charge in [0.25, 0.3) is 5.56 Å². The van der Waals surface area contributed by atoms with E-state index in [2.05, 4.69) is 4.98 Å². The molecule has 0 atom stereocenters. The summed E-state index contributed by atoms with van der Waals surface area (Å²) < 4.78 is 1.57. The lowest BCUT2D eigenvalue weighted by atomic mass is 10.1. The molecule has 3 nitrogen and oxygen atoms in total. The zero-order valence-electron chi connectivity index (χ0n) is 10.00. The van der Waals surface area contributed by atoms with Crippen molar-refractivity contribution in [3.05, 3.63) is 70.6 Å². The molecule has 1 aromatic carbocycles. The molecule has 0 aliphatic rings. The van der Waals surface area contributed by atoms with E-state index in [1.807, 2.05) is 49.4 Å². The van der Waals surface area contributed by atoms with Gasteiger partial charge < -0.3 is 0 Å². The zero-order chi connectivity index (χ0) is 12.5. The predicted octanol–water partition coefficient (Wildman–Crippen LogP) is 2.67. The highest BCUT2D eigenvalue weighted by Gasteiger charge is 2.04. The molecule has 0 N–H and O–H groups in total. The van der Waals surface area contributed by atoms with E-state index in [0.29, 0.717) is 11.3 Å². The number of fused-ring (bicyclic) bond motifs is 1. The van der Waals surface area contributed by atoms with Crippen LogP contribution < -0.4 is 5.56 Å². The number of hydrogen-bond donors (Lipinski definition) is 0. The molecule has 0 bridgehead atoms. The number of aryl methyl sites for hydroxylation is 1. The summed E-state index contributed by atoms with van der Waals surface area (Å²) in [7, 11) is 0. The van der Waals surface area contributed by atoms with Crippen molar-refractivity contribution >= 4 is 5.65 Å². The summed E-state index contributed by atoms with van der Waals surface area (Å²) in [6, 6.07) is 15.1. The van der Waals surface area contributed by atoms with Crippen LogP contribution in [0.25, 0.3) is 16.9 Å². The van der Waals surface area contributed by atoms with Crippen LogP contribution in [0, 0.1) is 6.92 Å². The molecule has 0 amide bonds. The molecule has 0 saturated carbocycles. The molecule has 3 aromatic rings. The van der Waals surface area contributed by atoms with Gasteiger partial charge in [0.1, 0.15) is 5.65 Å². The van der Waals surface area contributed by atoms with Crippen molar-refractivity contribution in [3.63, 3.8) is 0 Å². The lowest BCUT2D eigenvalue weighted by Crippen LogP contribution is -2.14. The Hall–Kier alpha value is -2.42. The molecule has 3 heteroatoms. The highest BCUT2D eigenvalue weighted by Crippen LogP contribution is 2.15. The number of benzene rings is 1. The van der Waals surface area contributed by atoms with Crippen LogP contribution >= 0.6 is 0 Å². The molecule has 88 valence electrons. The Labute approximate surface area is 104 Å². The Balaban J connectivity index is 2.29. The first-order valence-electron chi connectivity index (χ1n) is 5.79. The van der Waals surface area contributed by atoms with Gasteiger partial charge in [0, 0.05) is 17.8 Å². The van der Waals surface area contributed by atoms with Crippen LogP contribution in [0.4, 0.5) is 0 Å². The van der Waals surface area contributed by atoms with Gasteiger partial charge in [-0.25, -0.2) is 4.98 Å². The standard InChI is InChI=1S/C15H12N2O/c1-11-7-8-14-16-13(9-15(18)17(14)10-11)12-5-3-2-4-6-12/h2-10H,1H3. The minimum absolute atomic E-state index is 0.0532. The summed E-state index contributed by atoms with van der Waals surface area (Å²) in [5.41, 5.74) is 3.33. The maximum Gasteiger partial charge on any atom is 0.258 e. The summed E-state index contributed by atoms with van der Waals surface area (Å²) in [5, 5.41) is 0. The second kappa shape index (κ2) is 4.11. The Bertz CT molecular complexity index is 760. The summed E-state index contributed by atoms with van der Waals surface area (Å²) in [5.74, 6) is 0. The third-order valence-corrected chi connectivity index (χ3v) is 2.88. The number of aromatic nitrogens is 2. The first-order valence-corrected chi connectivity index (χ1v) is 5.79. The van der Waals surface area contributed by atoms with Crippen LogP contribution in [0.15, 0.2) is 59.5 Å². The van der Waals surface area contributed by atoms with Gasteiger partial charge in [-0.3, -0.25) is 9.20 Å². The minimum Gasteiger partial charge on any atom is -0.269 e. The van der Waals surface area contributed by atoms with Crippen molar-refractivity contribution in [1.82, 2.24) is 9.38 Å². The van der Waals surface area contributed by atoms with Crippen molar-refractivity contribution in [1.29, 1.82) is 0 Å². The van der Waals surface area contributed by atoms with Gasteiger partial charge in [0.15, 0.2) is 0 Å². The van der Waals surface area contributed by atoms with Gasteiger partial charge in [0.2, 0.25) is 0 Å². The molecule has 0 aliphatic carbocycles. The van der Waals surface area contributed by atoms with Crippen molar-refractivity contribution < 1.29 is 0 Å². The number of rotatable bonds is 1. The zero-order valence-corrected chi connectivity index (χ0v) is 10.00. The predicted molar refractivity (Wildman–Crippen MR) is 71.6 cm³/mol.